The van der Waals surface area contributed by atoms with Gasteiger partial charge < -0.3 is 15.5 Å². The molecule has 3 rings (SSSR count). The molecule has 0 fully saturated rings. The number of hydrogen-bond donors (Lipinski definition) is 2. The highest BCUT2D eigenvalue weighted by Gasteiger charge is 2.09. The monoisotopic (exact) mass is 285 g/mol. The number of imidazole rings is 1. The Morgan fingerprint density at radius 1 is 1.24 bits per heavy atom. The van der Waals surface area contributed by atoms with Crippen molar-refractivity contribution in [1.29, 1.82) is 0 Å². The van der Waals surface area contributed by atoms with E-state index in [1.807, 2.05) is 0 Å². The number of aromatic nitrogens is 3. The second kappa shape index (κ2) is 4.86. The lowest BCUT2D eigenvalue weighted by Crippen LogP contribution is -2.05. The Kier molecular flexibility index (Phi) is 3.02. The van der Waals surface area contributed by atoms with Gasteiger partial charge in [0.1, 0.15) is 11.5 Å². The number of nitrogens with zero attached hydrogens (tertiary/aromatic N) is 3. The lowest BCUT2D eigenvalue weighted by molar-refractivity contribution is -0.114. The minimum Gasteiger partial charge on any atom is -0.384 e. The van der Waals surface area contributed by atoms with Crippen molar-refractivity contribution in [3.8, 4) is 11.1 Å². The maximum atomic E-state index is 13.8. The summed E-state index contributed by atoms with van der Waals surface area (Å²) >= 11 is 0. The number of nitrogens with two attached hydrogens (primary N) is 1. The zero-order chi connectivity index (χ0) is 15.0. The molecule has 0 aromatic carbocycles. The van der Waals surface area contributed by atoms with Crippen molar-refractivity contribution < 1.29 is 9.18 Å². The first-order valence-electron chi connectivity index (χ1n) is 6.21. The van der Waals surface area contributed by atoms with Crippen molar-refractivity contribution in [2.45, 2.75) is 6.92 Å². The summed E-state index contributed by atoms with van der Waals surface area (Å²) in [5.41, 5.74) is 7.07. The van der Waals surface area contributed by atoms with Crippen molar-refractivity contribution in [2.75, 3.05) is 11.1 Å². The number of halogens is 1. The van der Waals surface area contributed by atoms with E-state index >= 15 is 0 Å². The zero-order valence-corrected chi connectivity index (χ0v) is 11.2. The number of amides is 1. The second-order valence-corrected chi connectivity index (χ2v) is 4.57. The highest BCUT2D eigenvalue weighted by molar-refractivity contribution is 5.87. The summed E-state index contributed by atoms with van der Waals surface area (Å²) in [6.45, 7) is 1.41. The molecular weight excluding hydrogens is 273 g/mol. The molecule has 0 radical (unpaired) electrons. The topological polar surface area (TPSA) is 85.3 Å². The number of pyridine rings is 2. The number of anilines is 2. The van der Waals surface area contributed by atoms with Crippen LogP contribution in [0.2, 0.25) is 0 Å². The first-order valence-corrected chi connectivity index (χ1v) is 6.21. The molecule has 106 valence electrons. The van der Waals surface area contributed by atoms with Gasteiger partial charge in [-0.05, 0) is 24.3 Å². The van der Waals surface area contributed by atoms with E-state index in [2.05, 4.69) is 15.3 Å². The Hall–Kier alpha value is -2.96. The van der Waals surface area contributed by atoms with Crippen LogP contribution in [-0.4, -0.2) is 20.3 Å². The van der Waals surface area contributed by atoms with Crippen LogP contribution in [0.1, 0.15) is 6.92 Å². The molecule has 21 heavy (non-hydrogen) atoms. The van der Waals surface area contributed by atoms with Crippen LogP contribution < -0.4 is 11.1 Å². The lowest BCUT2D eigenvalue weighted by Gasteiger charge is -2.04. The number of nitrogens with one attached hydrogen (secondary N) is 1. The summed E-state index contributed by atoms with van der Waals surface area (Å²) in [5, 5.41) is 2.60. The summed E-state index contributed by atoms with van der Waals surface area (Å²) in [7, 11) is 0. The summed E-state index contributed by atoms with van der Waals surface area (Å²) in [4.78, 5) is 18.9. The standard InChI is InChI=1S/C14H12FN5O/c1-8(21)17-12-7-20-6-9(2-5-13(20)19-12)10-3-4-11(16)18-14(10)15/h2-7H,1H3,(H2,16,18)(H,17,21). The fourth-order valence-electron chi connectivity index (χ4n) is 2.06. The number of fused-ring (bicyclic) bond motifs is 1. The Morgan fingerprint density at radius 2 is 2.05 bits per heavy atom. The first kappa shape index (κ1) is 13.0. The van der Waals surface area contributed by atoms with E-state index in [0.717, 1.165) is 0 Å². The van der Waals surface area contributed by atoms with Crippen molar-refractivity contribution in [3.05, 3.63) is 42.6 Å². The van der Waals surface area contributed by atoms with Gasteiger partial charge in [-0.3, -0.25) is 4.79 Å². The van der Waals surface area contributed by atoms with Gasteiger partial charge in [0.05, 0.1) is 6.20 Å². The highest BCUT2D eigenvalue weighted by Crippen LogP contribution is 2.23. The Labute approximate surface area is 119 Å². The molecule has 3 aromatic rings. The molecule has 0 unspecified atom stereocenters. The number of hydrogen-bond acceptors (Lipinski definition) is 4. The number of rotatable bonds is 2. The second-order valence-electron chi connectivity index (χ2n) is 4.57. The highest BCUT2D eigenvalue weighted by atomic mass is 19.1. The summed E-state index contributed by atoms with van der Waals surface area (Å²) in [6.07, 6.45) is 3.37. The summed E-state index contributed by atoms with van der Waals surface area (Å²) in [5.74, 6) is -0.257. The summed E-state index contributed by atoms with van der Waals surface area (Å²) in [6, 6.07) is 6.58. The molecule has 7 heteroatoms. The molecule has 3 N–H and O–H groups in total. The van der Waals surface area contributed by atoms with Gasteiger partial charge in [-0.25, -0.2) is 9.97 Å². The lowest BCUT2D eigenvalue weighted by atomic mass is 10.1. The van der Waals surface area contributed by atoms with Crippen molar-refractivity contribution >= 4 is 23.2 Å². The Bertz CT molecular complexity index is 842. The third kappa shape index (κ3) is 2.53. The molecule has 0 aliphatic carbocycles. The van der Waals surface area contributed by atoms with Crippen LogP contribution in [0.5, 0.6) is 0 Å². The number of nitrogen functional groups attached to an aromatic ring is 1. The van der Waals surface area contributed by atoms with Gasteiger partial charge in [0.25, 0.3) is 0 Å². The molecule has 0 aliphatic rings. The molecule has 0 saturated heterocycles. The van der Waals surface area contributed by atoms with E-state index in [9.17, 15) is 9.18 Å². The van der Waals surface area contributed by atoms with Crippen LogP contribution in [-0.2, 0) is 4.79 Å². The van der Waals surface area contributed by atoms with Crippen molar-refractivity contribution in [3.63, 3.8) is 0 Å². The zero-order valence-electron chi connectivity index (χ0n) is 11.2. The van der Waals surface area contributed by atoms with Crippen LogP contribution in [0.3, 0.4) is 0 Å². The third-order valence-electron chi connectivity index (χ3n) is 2.94. The van der Waals surface area contributed by atoms with E-state index in [1.165, 1.54) is 6.92 Å². The Morgan fingerprint density at radius 3 is 2.76 bits per heavy atom. The Balaban J connectivity index is 2.06. The predicted molar refractivity (Wildman–Crippen MR) is 77.1 cm³/mol. The maximum absolute atomic E-state index is 13.8. The smallest absolute Gasteiger partial charge is 0.222 e. The maximum Gasteiger partial charge on any atom is 0.222 e. The van der Waals surface area contributed by atoms with Crippen LogP contribution >= 0.6 is 0 Å². The van der Waals surface area contributed by atoms with Gasteiger partial charge in [0, 0.05) is 24.2 Å². The van der Waals surface area contributed by atoms with E-state index in [0.29, 0.717) is 22.6 Å². The van der Waals surface area contributed by atoms with Crippen LogP contribution in [0, 0.1) is 5.95 Å². The molecular formula is C14H12FN5O. The fraction of sp³-hybridized carbons (Fsp3) is 0.0714. The fourth-order valence-corrected chi connectivity index (χ4v) is 2.06. The predicted octanol–water partition coefficient (Wildman–Crippen LogP) is 2.08. The molecule has 0 spiro atoms. The molecule has 6 nitrogen and oxygen atoms in total. The largest absolute Gasteiger partial charge is 0.384 e. The molecule has 0 atom stereocenters. The van der Waals surface area contributed by atoms with E-state index in [1.54, 1.807) is 41.1 Å². The van der Waals surface area contributed by atoms with Gasteiger partial charge >= 0.3 is 0 Å². The van der Waals surface area contributed by atoms with E-state index < -0.39 is 5.95 Å². The average molecular weight is 285 g/mol. The summed E-state index contributed by atoms with van der Waals surface area (Å²) < 4.78 is 15.5. The van der Waals surface area contributed by atoms with Crippen molar-refractivity contribution in [2.24, 2.45) is 0 Å². The first-order chi connectivity index (χ1) is 10.0. The van der Waals surface area contributed by atoms with Gasteiger partial charge in [-0.2, -0.15) is 4.39 Å². The van der Waals surface area contributed by atoms with Crippen LogP contribution in [0.15, 0.2) is 36.7 Å². The average Bonchev–Trinajstić information content (AvgIpc) is 2.78. The van der Waals surface area contributed by atoms with Gasteiger partial charge in [0.15, 0.2) is 5.82 Å². The minimum absolute atomic E-state index is 0.132. The minimum atomic E-state index is -0.628. The molecule has 3 heterocycles. The van der Waals surface area contributed by atoms with Crippen molar-refractivity contribution in [1.82, 2.24) is 14.4 Å². The quantitative estimate of drug-likeness (QED) is 0.706. The van der Waals surface area contributed by atoms with E-state index in [-0.39, 0.29) is 11.7 Å². The molecule has 0 saturated carbocycles. The SMILES string of the molecule is CC(=O)Nc1cn2cc(-c3ccc(N)nc3F)ccc2n1. The van der Waals surface area contributed by atoms with E-state index in [4.69, 9.17) is 5.73 Å². The molecule has 0 aliphatic heterocycles. The van der Waals surface area contributed by atoms with Gasteiger partial charge in [0.2, 0.25) is 11.9 Å². The molecule has 3 aromatic heterocycles. The van der Waals surface area contributed by atoms with Gasteiger partial charge in [-0.1, -0.05) is 0 Å². The van der Waals surface area contributed by atoms with Gasteiger partial charge in [-0.15, -0.1) is 0 Å². The van der Waals surface area contributed by atoms with Crippen LogP contribution in [0.25, 0.3) is 16.8 Å². The molecule has 1 amide bonds. The van der Waals surface area contributed by atoms with Crippen LogP contribution in [0.4, 0.5) is 16.0 Å². The number of carbonyl (C=O) groups is 1. The molecule has 0 bridgehead atoms. The third-order valence-corrected chi connectivity index (χ3v) is 2.94. The number of carbonyl (C=O) groups excluding carboxylic acids is 1. The normalized spacial score (nSPS) is 10.8.